The molecule has 0 fully saturated rings. The minimum absolute atomic E-state index is 0.103. The third-order valence-corrected chi connectivity index (χ3v) is 1.10. The Morgan fingerprint density at radius 1 is 1.50 bits per heavy atom. The van der Waals surface area contributed by atoms with Crippen LogP contribution in [0.25, 0.3) is 0 Å². The van der Waals surface area contributed by atoms with Gasteiger partial charge in [0.05, 0.1) is 0 Å². The lowest BCUT2D eigenvalue weighted by atomic mass is 10.2. The predicted molar refractivity (Wildman–Crippen MR) is 36.0 cm³/mol. The van der Waals surface area contributed by atoms with Crippen molar-refractivity contribution in [2.75, 3.05) is 0 Å². The quantitative estimate of drug-likeness (QED) is 0.453. The van der Waals surface area contributed by atoms with Gasteiger partial charge in [-0.2, -0.15) is 0 Å². The van der Waals surface area contributed by atoms with E-state index in [0.29, 0.717) is 5.56 Å². The van der Waals surface area contributed by atoms with Crippen molar-refractivity contribution in [1.82, 2.24) is 0 Å². The number of hydrogen-bond acceptors (Lipinski definition) is 2. The second kappa shape index (κ2) is 2.96. The van der Waals surface area contributed by atoms with Crippen molar-refractivity contribution in [2.24, 2.45) is 0 Å². The van der Waals surface area contributed by atoms with Gasteiger partial charge in [0.25, 0.3) is 0 Å². The molecule has 0 amide bonds. The zero-order valence-electron chi connectivity index (χ0n) is 5.28. The van der Waals surface area contributed by atoms with Crippen LogP contribution in [-0.4, -0.2) is 4.92 Å². The van der Waals surface area contributed by atoms with Gasteiger partial charge in [-0.1, -0.05) is 24.3 Å². The summed E-state index contributed by atoms with van der Waals surface area (Å²) >= 11 is 0. The Kier molecular flexibility index (Phi) is 1.99. The minimum atomic E-state index is -0.352. The summed E-state index contributed by atoms with van der Waals surface area (Å²) in [6, 6.07) is 9.48. The van der Waals surface area contributed by atoms with Gasteiger partial charge in [0.1, 0.15) is 0 Å². The van der Waals surface area contributed by atoms with E-state index in [9.17, 15) is 10.1 Å². The maximum atomic E-state index is 9.96. The van der Waals surface area contributed by atoms with Crippen LogP contribution in [0.4, 0.5) is 0 Å². The molecule has 0 spiro atoms. The lowest BCUT2D eigenvalue weighted by Gasteiger charge is -1.90. The average molecular weight is 136 g/mol. The Balaban J connectivity index is 2.67. The monoisotopic (exact) mass is 136 g/mol. The molecule has 0 heterocycles. The molecule has 0 aliphatic rings. The largest absolute Gasteiger partial charge is 0.264 e. The third kappa shape index (κ3) is 1.85. The summed E-state index contributed by atoms with van der Waals surface area (Å²) in [6.07, 6.45) is 0. The molecule has 0 aliphatic carbocycles. The maximum Gasteiger partial charge on any atom is 0.228 e. The molecule has 1 aromatic carbocycles. The number of nitro groups is 1. The smallest absolute Gasteiger partial charge is 0.228 e. The van der Waals surface area contributed by atoms with Crippen LogP contribution < -0.4 is 0 Å². The van der Waals surface area contributed by atoms with Gasteiger partial charge in [0, 0.05) is 10.5 Å². The average Bonchev–Trinajstić information content (AvgIpc) is 1.88. The van der Waals surface area contributed by atoms with Crippen molar-refractivity contribution in [1.29, 1.82) is 0 Å². The highest BCUT2D eigenvalue weighted by molar-refractivity contribution is 5.12. The molecular weight excluding hydrogens is 130 g/mol. The molecule has 51 valence electrons. The van der Waals surface area contributed by atoms with E-state index >= 15 is 0 Å². The molecule has 1 rings (SSSR count). The van der Waals surface area contributed by atoms with Crippen LogP contribution in [0.2, 0.25) is 0 Å². The fraction of sp³-hybridized carbons (Fsp3) is 0.143. The Labute approximate surface area is 58.4 Å². The molecule has 1 radical (unpaired) electrons. The highest BCUT2D eigenvalue weighted by Crippen LogP contribution is 1.97. The maximum absolute atomic E-state index is 9.96. The summed E-state index contributed by atoms with van der Waals surface area (Å²) in [5.74, 6) is 0. The zero-order valence-corrected chi connectivity index (χ0v) is 5.28. The Bertz CT molecular complexity index is 220. The van der Waals surface area contributed by atoms with E-state index < -0.39 is 0 Å². The first-order valence-electron chi connectivity index (χ1n) is 2.86. The molecule has 0 aliphatic heterocycles. The third-order valence-electron chi connectivity index (χ3n) is 1.10. The molecular formula is C7H6NO2. The lowest BCUT2D eigenvalue weighted by Crippen LogP contribution is -1.96. The van der Waals surface area contributed by atoms with Crippen LogP contribution in [-0.2, 0) is 6.54 Å². The topological polar surface area (TPSA) is 43.1 Å². The van der Waals surface area contributed by atoms with Crippen LogP contribution in [0.3, 0.4) is 0 Å². The zero-order chi connectivity index (χ0) is 7.40. The number of rotatable bonds is 2. The molecule has 3 heteroatoms. The van der Waals surface area contributed by atoms with E-state index in [0.717, 1.165) is 0 Å². The van der Waals surface area contributed by atoms with Gasteiger partial charge in [-0.15, -0.1) is 0 Å². The van der Waals surface area contributed by atoms with Gasteiger partial charge in [0.2, 0.25) is 6.54 Å². The normalized spacial score (nSPS) is 9.20. The first kappa shape index (κ1) is 6.74. The van der Waals surface area contributed by atoms with Gasteiger partial charge in [-0.3, -0.25) is 10.1 Å². The van der Waals surface area contributed by atoms with Gasteiger partial charge in [-0.25, -0.2) is 0 Å². The Morgan fingerprint density at radius 2 is 2.10 bits per heavy atom. The lowest BCUT2D eigenvalue weighted by molar-refractivity contribution is -0.496. The molecule has 3 nitrogen and oxygen atoms in total. The van der Waals surface area contributed by atoms with Crippen LogP contribution >= 0.6 is 0 Å². The van der Waals surface area contributed by atoms with Crippen molar-refractivity contribution >= 4 is 0 Å². The van der Waals surface area contributed by atoms with Crippen LogP contribution in [0.5, 0.6) is 0 Å². The molecule has 0 saturated carbocycles. The van der Waals surface area contributed by atoms with E-state index in [1.807, 2.05) is 0 Å². The summed E-state index contributed by atoms with van der Waals surface area (Å²) in [5.41, 5.74) is 0.712. The minimum Gasteiger partial charge on any atom is -0.264 e. The second-order valence-electron chi connectivity index (χ2n) is 1.90. The molecule has 0 bridgehead atoms. The van der Waals surface area contributed by atoms with Gasteiger partial charge >= 0.3 is 0 Å². The standard InChI is InChI=1S/C7H6NO2/c9-8(10)6-7-4-2-1-3-5-7/h2-5H,6H2. The highest BCUT2D eigenvalue weighted by atomic mass is 16.6. The van der Waals surface area contributed by atoms with Gasteiger partial charge in [0.15, 0.2) is 0 Å². The number of benzene rings is 1. The summed E-state index contributed by atoms with van der Waals surface area (Å²) in [4.78, 5) is 9.61. The summed E-state index contributed by atoms with van der Waals surface area (Å²) in [6.45, 7) is -0.103. The number of nitrogens with zero attached hydrogens (tertiary/aromatic N) is 1. The van der Waals surface area contributed by atoms with Crippen LogP contribution in [0.1, 0.15) is 5.56 Å². The summed E-state index contributed by atoms with van der Waals surface area (Å²) in [5, 5.41) is 9.96. The van der Waals surface area contributed by atoms with Crippen molar-refractivity contribution in [3.8, 4) is 0 Å². The molecule has 0 aromatic heterocycles. The Morgan fingerprint density at radius 3 is 2.60 bits per heavy atom. The fourth-order valence-electron chi connectivity index (χ4n) is 0.676. The summed E-state index contributed by atoms with van der Waals surface area (Å²) in [7, 11) is 0. The van der Waals surface area contributed by atoms with Gasteiger partial charge in [-0.05, 0) is 6.07 Å². The van der Waals surface area contributed by atoms with E-state index in [1.54, 1.807) is 24.3 Å². The highest BCUT2D eigenvalue weighted by Gasteiger charge is 1.97. The second-order valence-corrected chi connectivity index (χ2v) is 1.90. The van der Waals surface area contributed by atoms with Crippen LogP contribution in [0, 0.1) is 16.2 Å². The molecule has 0 N–H and O–H groups in total. The van der Waals surface area contributed by atoms with Crippen LogP contribution in [0.15, 0.2) is 24.3 Å². The molecule has 0 unspecified atom stereocenters. The molecule has 0 saturated heterocycles. The predicted octanol–water partition coefficient (Wildman–Crippen LogP) is 1.26. The number of hydrogen-bond donors (Lipinski definition) is 0. The molecule has 1 aromatic rings. The molecule has 10 heavy (non-hydrogen) atoms. The fourth-order valence-corrected chi connectivity index (χ4v) is 0.676. The van der Waals surface area contributed by atoms with Crippen molar-refractivity contribution in [2.45, 2.75) is 6.54 Å². The van der Waals surface area contributed by atoms with Crippen molar-refractivity contribution in [3.63, 3.8) is 0 Å². The van der Waals surface area contributed by atoms with Crippen molar-refractivity contribution < 1.29 is 4.92 Å². The van der Waals surface area contributed by atoms with E-state index in [-0.39, 0.29) is 11.5 Å². The van der Waals surface area contributed by atoms with Gasteiger partial charge < -0.3 is 0 Å². The first-order chi connectivity index (χ1) is 4.79. The Hall–Kier alpha value is -1.38. The summed E-state index contributed by atoms with van der Waals surface area (Å²) < 4.78 is 0. The SMILES string of the molecule is O=[N+]([O-])Cc1cc[c]cc1. The van der Waals surface area contributed by atoms with E-state index in [1.165, 1.54) is 0 Å². The van der Waals surface area contributed by atoms with E-state index in [4.69, 9.17) is 0 Å². The first-order valence-corrected chi connectivity index (χ1v) is 2.86. The molecule has 0 atom stereocenters. The van der Waals surface area contributed by atoms with Crippen molar-refractivity contribution in [3.05, 3.63) is 46.0 Å². The van der Waals surface area contributed by atoms with E-state index in [2.05, 4.69) is 6.07 Å².